The summed E-state index contributed by atoms with van der Waals surface area (Å²) in [6.07, 6.45) is 2.02. The third-order valence-electron chi connectivity index (χ3n) is 4.11. The summed E-state index contributed by atoms with van der Waals surface area (Å²) >= 11 is 6.73. The van der Waals surface area contributed by atoms with E-state index >= 15 is 0 Å². The Morgan fingerprint density at radius 3 is 2.73 bits per heavy atom. The van der Waals surface area contributed by atoms with Crippen molar-refractivity contribution in [2.75, 3.05) is 13.7 Å². The second kappa shape index (κ2) is 9.40. The Hall–Kier alpha value is -2.72. The topological polar surface area (TPSA) is 103 Å². The van der Waals surface area contributed by atoms with Crippen molar-refractivity contribution >= 4 is 54.9 Å². The van der Waals surface area contributed by atoms with Crippen molar-refractivity contribution in [3.63, 3.8) is 0 Å². The van der Waals surface area contributed by atoms with Crippen molar-refractivity contribution in [1.82, 2.24) is 9.66 Å². The van der Waals surface area contributed by atoms with E-state index in [0.717, 1.165) is 4.47 Å². The van der Waals surface area contributed by atoms with Gasteiger partial charge in [-0.25, -0.2) is 9.78 Å². The fourth-order valence-corrected chi connectivity index (χ4v) is 3.69. The Balaban J connectivity index is 2.04. The normalized spacial score (nSPS) is 11.2. The van der Waals surface area contributed by atoms with Crippen LogP contribution in [0.3, 0.4) is 0 Å². The van der Waals surface area contributed by atoms with Gasteiger partial charge in [-0.2, -0.15) is 9.78 Å². The molecule has 8 nitrogen and oxygen atoms in total. The number of fused-ring (bicyclic) bond motifs is 1. The van der Waals surface area contributed by atoms with Crippen LogP contribution in [-0.2, 0) is 11.2 Å². The zero-order valence-electron chi connectivity index (χ0n) is 16.1. The lowest BCUT2D eigenvalue weighted by Crippen LogP contribution is -2.22. The van der Waals surface area contributed by atoms with Crippen molar-refractivity contribution in [1.29, 1.82) is 0 Å². The lowest BCUT2D eigenvalue weighted by molar-refractivity contribution is -0.139. The van der Waals surface area contributed by atoms with E-state index in [9.17, 15) is 9.59 Å². The van der Waals surface area contributed by atoms with Gasteiger partial charge in [0, 0.05) is 10.9 Å². The van der Waals surface area contributed by atoms with E-state index in [1.165, 1.54) is 18.0 Å². The molecule has 0 fully saturated rings. The summed E-state index contributed by atoms with van der Waals surface area (Å²) < 4.78 is 13.1. The summed E-state index contributed by atoms with van der Waals surface area (Å²) in [6.45, 7) is 1.39. The Morgan fingerprint density at radius 2 is 2.07 bits per heavy atom. The van der Waals surface area contributed by atoms with E-state index in [0.29, 0.717) is 38.9 Å². The Morgan fingerprint density at radius 1 is 1.30 bits per heavy atom. The number of hydrogen-bond donors (Lipinski definition) is 1. The molecule has 0 amide bonds. The zero-order valence-corrected chi connectivity index (χ0v) is 19.2. The van der Waals surface area contributed by atoms with Gasteiger partial charge in [-0.15, -0.1) is 0 Å². The molecule has 1 N–H and O–H groups in total. The highest BCUT2D eigenvalue weighted by atomic mass is 79.9. The van der Waals surface area contributed by atoms with E-state index in [2.05, 4.69) is 41.9 Å². The molecule has 0 aliphatic rings. The molecule has 0 radical (unpaired) electrons. The first-order valence-electron chi connectivity index (χ1n) is 8.81. The van der Waals surface area contributed by atoms with E-state index in [1.54, 1.807) is 24.3 Å². The quantitative estimate of drug-likeness (QED) is 0.458. The molecule has 0 spiro atoms. The standard InChI is InChI=1S/C20H17Br2N3O5/c1-3-17-24-15-5-4-12(21)8-13(15)20(28)25(17)23-9-11-6-14(22)19(16(7-11)29-2)30-10-18(26)27/h4-9H,3,10H2,1-2H3,(H,26,27). The van der Waals surface area contributed by atoms with Gasteiger partial charge >= 0.3 is 5.97 Å². The highest BCUT2D eigenvalue weighted by molar-refractivity contribution is 9.10. The van der Waals surface area contributed by atoms with Crippen LogP contribution in [-0.4, -0.2) is 40.7 Å². The highest BCUT2D eigenvalue weighted by Crippen LogP contribution is 2.36. The van der Waals surface area contributed by atoms with Crippen LogP contribution in [0.2, 0.25) is 0 Å². The number of rotatable bonds is 7. The Bertz CT molecular complexity index is 1210. The molecule has 0 saturated carbocycles. The molecule has 1 aromatic heterocycles. The van der Waals surface area contributed by atoms with Crippen LogP contribution in [0.15, 0.2) is 49.2 Å². The van der Waals surface area contributed by atoms with Gasteiger partial charge in [-0.3, -0.25) is 4.79 Å². The number of aliphatic carboxylic acids is 1. The summed E-state index contributed by atoms with van der Waals surface area (Å²) in [5.41, 5.74) is 0.947. The number of ether oxygens (including phenoxy) is 2. The predicted octanol–water partition coefficient (Wildman–Crippen LogP) is 3.84. The number of methoxy groups -OCH3 is 1. The average Bonchev–Trinajstić information content (AvgIpc) is 2.71. The van der Waals surface area contributed by atoms with E-state index < -0.39 is 12.6 Å². The van der Waals surface area contributed by atoms with E-state index in [-0.39, 0.29) is 11.3 Å². The van der Waals surface area contributed by atoms with Crippen LogP contribution in [0, 0.1) is 0 Å². The smallest absolute Gasteiger partial charge is 0.341 e. The fourth-order valence-electron chi connectivity index (χ4n) is 2.76. The summed E-state index contributed by atoms with van der Waals surface area (Å²) in [6, 6.07) is 8.65. The molecule has 0 aliphatic carbocycles. The number of benzene rings is 2. The molecule has 2 aromatic carbocycles. The SMILES string of the molecule is CCc1nc2ccc(Br)cc2c(=O)n1N=Cc1cc(Br)c(OCC(=O)O)c(OC)c1. The van der Waals surface area contributed by atoms with Gasteiger partial charge in [0.1, 0.15) is 5.82 Å². The van der Waals surface area contributed by atoms with Crippen LogP contribution in [0.25, 0.3) is 10.9 Å². The monoisotopic (exact) mass is 537 g/mol. The number of aromatic nitrogens is 2. The molecule has 0 aliphatic heterocycles. The van der Waals surface area contributed by atoms with Crippen molar-refractivity contribution < 1.29 is 19.4 Å². The molecule has 30 heavy (non-hydrogen) atoms. The molecule has 156 valence electrons. The third-order valence-corrected chi connectivity index (χ3v) is 5.19. The van der Waals surface area contributed by atoms with Gasteiger partial charge in [0.25, 0.3) is 5.56 Å². The van der Waals surface area contributed by atoms with E-state index in [1.807, 2.05) is 13.0 Å². The van der Waals surface area contributed by atoms with Crippen molar-refractivity contribution in [3.8, 4) is 11.5 Å². The molecule has 0 atom stereocenters. The van der Waals surface area contributed by atoms with Gasteiger partial charge in [0.15, 0.2) is 18.1 Å². The second-order valence-electron chi connectivity index (χ2n) is 6.12. The van der Waals surface area contributed by atoms with Crippen LogP contribution >= 0.6 is 31.9 Å². The molecular weight excluding hydrogens is 522 g/mol. The van der Waals surface area contributed by atoms with Gasteiger partial charge in [-0.1, -0.05) is 22.9 Å². The van der Waals surface area contributed by atoms with E-state index in [4.69, 9.17) is 14.6 Å². The number of carboxylic acid groups (broad SMARTS) is 1. The molecular formula is C20H17Br2N3O5. The highest BCUT2D eigenvalue weighted by Gasteiger charge is 2.14. The summed E-state index contributed by atoms with van der Waals surface area (Å²) in [5, 5.41) is 13.6. The molecule has 0 bridgehead atoms. The Labute approximate surface area is 188 Å². The van der Waals surface area contributed by atoms with Crippen LogP contribution in [0.5, 0.6) is 11.5 Å². The first kappa shape index (κ1) is 22.0. The Kier molecular flexibility index (Phi) is 6.88. The lowest BCUT2D eigenvalue weighted by Gasteiger charge is -2.12. The molecule has 1 heterocycles. The van der Waals surface area contributed by atoms with Gasteiger partial charge in [0.2, 0.25) is 0 Å². The van der Waals surface area contributed by atoms with Crippen molar-refractivity contribution in [3.05, 3.63) is 61.0 Å². The lowest BCUT2D eigenvalue weighted by atomic mass is 10.2. The maximum absolute atomic E-state index is 13.0. The van der Waals surface area contributed by atoms with Crippen molar-refractivity contribution in [2.24, 2.45) is 5.10 Å². The number of halogens is 2. The van der Waals surface area contributed by atoms with Crippen LogP contribution in [0.4, 0.5) is 0 Å². The van der Waals surface area contributed by atoms with Gasteiger partial charge in [-0.05, 0) is 51.8 Å². The summed E-state index contributed by atoms with van der Waals surface area (Å²) in [7, 11) is 1.45. The molecule has 0 unspecified atom stereocenters. The molecule has 3 rings (SSSR count). The first-order valence-corrected chi connectivity index (χ1v) is 10.4. The fraction of sp³-hybridized carbons (Fsp3) is 0.200. The van der Waals surface area contributed by atoms with Gasteiger partial charge < -0.3 is 14.6 Å². The van der Waals surface area contributed by atoms with Crippen LogP contribution < -0.4 is 15.0 Å². The van der Waals surface area contributed by atoms with Crippen LogP contribution in [0.1, 0.15) is 18.3 Å². The largest absolute Gasteiger partial charge is 0.493 e. The number of carboxylic acids is 1. The number of hydrogen-bond acceptors (Lipinski definition) is 6. The predicted molar refractivity (Wildman–Crippen MR) is 120 cm³/mol. The minimum Gasteiger partial charge on any atom is -0.493 e. The molecule has 3 aromatic rings. The molecule has 0 saturated heterocycles. The average molecular weight is 539 g/mol. The van der Waals surface area contributed by atoms with Crippen molar-refractivity contribution in [2.45, 2.75) is 13.3 Å². The minimum absolute atomic E-state index is 0.265. The molecule has 10 heteroatoms. The summed E-state index contributed by atoms with van der Waals surface area (Å²) in [5.74, 6) is 0.0198. The van der Waals surface area contributed by atoms with Gasteiger partial charge in [0.05, 0.1) is 28.7 Å². The second-order valence-corrected chi connectivity index (χ2v) is 7.89. The number of aryl methyl sites for hydroxylation is 1. The first-order chi connectivity index (χ1) is 14.3. The maximum atomic E-state index is 13.0. The minimum atomic E-state index is -1.10. The maximum Gasteiger partial charge on any atom is 0.341 e. The summed E-state index contributed by atoms with van der Waals surface area (Å²) in [4.78, 5) is 28.3. The number of carbonyl (C=O) groups is 1. The zero-order chi connectivity index (χ0) is 21.8. The number of nitrogens with zero attached hydrogens (tertiary/aromatic N) is 3. The third kappa shape index (κ3) is 4.71.